The van der Waals surface area contributed by atoms with Gasteiger partial charge in [-0.2, -0.15) is 0 Å². The number of nitrogens with zero attached hydrogens (tertiary/aromatic N) is 7. The number of hydrogen-bond donors (Lipinski definition) is 1. The van der Waals surface area contributed by atoms with E-state index in [9.17, 15) is 23.6 Å². The lowest BCUT2D eigenvalue weighted by Crippen LogP contribution is -2.54. The van der Waals surface area contributed by atoms with Crippen LogP contribution in [-0.2, 0) is 19.1 Å². The fraction of sp³-hybridized carbons (Fsp3) is 0.560. The molecule has 0 aliphatic carbocycles. The number of aromatic nitrogens is 3. The van der Waals surface area contributed by atoms with Crippen LogP contribution in [0.3, 0.4) is 0 Å². The molecule has 39 heavy (non-hydrogen) atoms. The molecule has 3 amide bonds. The van der Waals surface area contributed by atoms with E-state index in [2.05, 4.69) is 20.6 Å². The first kappa shape index (κ1) is 26.5. The van der Waals surface area contributed by atoms with Crippen molar-refractivity contribution in [3.8, 4) is 0 Å². The SMILES string of the molecule is CC(C)(C)OC(=O)N1CCC(C(=O)N2CCN(C(=O)C(=O)C3=CNC4C(n5ccnn5)=NC=C(F)C34)CC2)C1. The zero-order valence-corrected chi connectivity index (χ0v) is 22.0. The monoisotopic (exact) mass is 542 g/mol. The Morgan fingerprint density at radius 2 is 1.77 bits per heavy atom. The third-order valence-electron chi connectivity index (χ3n) is 7.16. The molecule has 5 heterocycles. The molecule has 1 N–H and O–H groups in total. The summed E-state index contributed by atoms with van der Waals surface area (Å²) in [5.41, 5.74) is -0.602. The minimum absolute atomic E-state index is 0.0120. The quantitative estimate of drug-likeness (QED) is 0.538. The second-order valence-electron chi connectivity index (χ2n) is 10.9. The molecule has 0 aromatic carbocycles. The first-order valence-corrected chi connectivity index (χ1v) is 12.9. The highest BCUT2D eigenvalue weighted by atomic mass is 19.1. The van der Waals surface area contributed by atoms with Crippen molar-refractivity contribution in [3.05, 3.63) is 36.2 Å². The highest BCUT2D eigenvalue weighted by molar-refractivity contribution is 6.43. The molecular weight excluding hydrogens is 511 g/mol. The van der Waals surface area contributed by atoms with Crippen LogP contribution in [0.15, 0.2) is 41.2 Å². The van der Waals surface area contributed by atoms with Crippen molar-refractivity contribution < 1.29 is 28.3 Å². The summed E-state index contributed by atoms with van der Waals surface area (Å²) in [5, 5.41) is 10.6. The summed E-state index contributed by atoms with van der Waals surface area (Å²) in [6, 6.07) is -0.704. The third kappa shape index (κ3) is 5.27. The number of carbonyl (C=O) groups excluding carboxylic acids is 4. The minimum Gasteiger partial charge on any atom is -0.444 e. The average Bonchev–Trinajstić information content (AvgIpc) is 3.68. The van der Waals surface area contributed by atoms with Gasteiger partial charge in [-0.15, -0.1) is 5.10 Å². The maximum atomic E-state index is 14.8. The Balaban J connectivity index is 1.15. The summed E-state index contributed by atoms with van der Waals surface area (Å²) in [4.78, 5) is 60.3. The maximum Gasteiger partial charge on any atom is 0.410 e. The van der Waals surface area contributed by atoms with Gasteiger partial charge in [0.2, 0.25) is 11.7 Å². The van der Waals surface area contributed by atoms with E-state index >= 15 is 0 Å². The summed E-state index contributed by atoms with van der Waals surface area (Å²) in [6.07, 6.45) is 5.50. The number of rotatable bonds is 3. The predicted octanol–water partition coefficient (Wildman–Crippen LogP) is 0.318. The van der Waals surface area contributed by atoms with Crippen LogP contribution in [0.2, 0.25) is 0 Å². The van der Waals surface area contributed by atoms with Gasteiger partial charge in [0.1, 0.15) is 11.4 Å². The van der Waals surface area contributed by atoms with Crippen molar-refractivity contribution in [2.24, 2.45) is 16.8 Å². The number of nitrogens with one attached hydrogen (secondary N) is 1. The zero-order valence-electron chi connectivity index (χ0n) is 22.0. The van der Waals surface area contributed by atoms with Gasteiger partial charge < -0.3 is 24.8 Å². The molecule has 1 aromatic heterocycles. The molecule has 3 atom stereocenters. The fourth-order valence-electron chi connectivity index (χ4n) is 5.21. The summed E-state index contributed by atoms with van der Waals surface area (Å²) in [7, 11) is 0. The Morgan fingerprint density at radius 3 is 2.44 bits per heavy atom. The van der Waals surface area contributed by atoms with E-state index < -0.39 is 41.2 Å². The van der Waals surface area contributed by atoms with Gasteiger partial charge in [0.05, 0.1) is 36.5 Å². The van der Waals surface area contributed by atoms with E-state index in [-0.39, 0.29) is 50.1 Å². The average molecular weight is 543 g/mol. The largest absolute Gasteiger partial charge is 0.444 e. The number of ketones is 1. The molecule has 0 saturated carbocycles. The van der Waals surface area contributed by atoms with Gasteiger partial charge in [0.15, 0.2) is 5.84 Å². The maximum absolute atomic E-state index is 14.8. The number of ether oxygens (including phenoxy) is 1. The lowest BCUT2D eigenvalue weighted by molar-refractivity contribution is -0.146. The van der Waals surface area contributed by atoms with E-state index in [1.807, 2.05) is 0 Å². The van der Waals surface area contributed by atoms with Crippen LogP contribution in [0.4, 0.5) is 9.18 Å². The molecule has 1 aromatic rings. The van der Waals surface area contributed by atoms with E-state index in [4.69, 9.17) is 4.74 Å². The fourth-order valence-corrected chi connectivity index (χ4v) is 5.21. The molecule has 0 radical (unpaired) electrons. The van der Waals surface area contributed by atoms with Crippen LogP contribution in [0.25, 0.3) is 0 Å². The Bertz CT molecular complexity index is 1260. The number of hydrogen-bond acceptors (Lipinski definition) is 9. The summed E-state index contributed by atoms with van der Waals surface area (Å²) in [5.74, 6) is -3.25. The number of carbonyl (C=O) groups is 4. The highest BCUT2D eigenvalue weighted by Gasteiger charge is 2.45. The number of piperazine rings is 1. The Morgan fingerprint density at radius 1 is 1.05 bits per heavy atom. The second-order valence-corrected chi connectivity index (χ2v) is 10.9. The predicted molar refractivity (Wildman–Crippen MR) is 135 cm³/mol. The number of aliphatic imine (C=N–C) groups is 1. The molecule has 14 heteroatoms. The standard InChI is InChI=1S/C25H31FN8O5/c1-25(2,3)39-24(38)33-6-4-15(14-33)22(36)31-8-10-32(11-9-31)23(37)20(35)16-12-27-19-18(16)17(26)13-28-21(19)34-7-5-29-30-34/h5,7,12-13,15,18-19,27H,4,6,8-11,14H2,1-3H3. The van der Waals surface area contributed by atoms with Crippen molar-refractivity contribution >= 4 is 29.5 Å². The van der Waals surface area contributed by atoms with Gasteiger partial charge in [-0.3, -0.25) is 14.4 Å². The van der Waals surface area contributed by atoms with Gasteiger partial charge in [0, 0.05) is 51.0 Å². The van der Waals surface area contributed by atoms with Gasteiger partial charge in [0.25, 0.3) is 5.91 Å². The zero-order chi connectivity index (χ0) is 27.9. The van der Waals surface area contributed by atoms with Crippen molar-refractivity contribution in [2.75, 3.05) is 39.3 Å². The number of amides is 3. The minimum atomic E-state index is -1.00. The van der Waals surface area contributed by atoms with Crippen molar-refractivity contribution in [2.45, 2.75) is 38.8 Å². The number of Topliss-reactive ketones (excluding diaryl/α,β-unsaturated/α-hetero) is 1. The first-order chi connectivity index (χ1) is 18.5. The number of halogens is 1. The molecule has 5 rings (SSSR count). The van der Waals surface area contributed by atoms with E-state index in [0.717, 1.165) is 6.20 Å². The molecule has 13 nitrogen and oxygen atoms in total. The molecule has 0 bridgehead atoms. The van der Waals surface area contributed by atoms with Gasteiger partial charge >= 0.3 is 6.09 Å². The molecule has 2 saturated heterocycles. The normalized spacial score (nSPS) is 24.9. The molecule has 4 aliphatic heterocycles. The highest BCUT2D eigenvalue weighted by Crippen LogP contribution is 2.34. The summed E-state index contributed by atoms with van der Waals surface area (Å²) < 4.78 is 21.6. The smallest absolute Gasteiger partial charge is 0.410 e. The molecule has 4 aliphatic rings. The van der Waals surface area contributed by atoms with E-state index in [0.29, 0.717) is 18.8 Å². The molecular formula is C25H31FN8O5. The van der Waals surface area contributed by atoms with Crippen LogP contribution in [0.1, 0.15) is 27.2 Å². The third-order valence-corrected chi connectivity index (χ3v) is 7.16. The Kier molecular flexibility index (Phi) is 6.95. The van der Waals surface area contributed by atoms with Crippen LogP contribution in [-0.4, -0.2) is 110 Å². The van der Waals surface area contributed by atoms with Crippen molar-refractivity contribution in [1.82, 2.24) is 35.0 Å². The van der Waals surface area contributed by atoms with Crippen molar-refractivity contribution in [1.29, 1.82) is 0 Å². The van der Waals surface area contributed by atoms with Crippen LogP contribution in [0.5, 0.6) is 0 Å². The molecule has 208 valence electrons. The second kappa shape index (κ2) is 10.2. The van der Waals surface area contributed by atoms with E-state index in [1.54, 1.807) is 36.8 Å². The molecule has 2 fully saturated rings. The van der Waals surface area contributed by atoms with Crippen LogP contribution < -0.4 is 5.32 Å². The lowest BCUT2D eigenvalue weighted by Gasteiger charge is -2.36. The van der Waals surface area contributed by atoms with Crippen LogP contribution >= 0.6 is 0 Å². The van der Waals surface area contributed by atoms with Gasteiger partial charge in [-0.1, -0.05) is 5.21 Å². The Labute approximate surface area is 224 Å². The molecule has 3 unspecified atom stereocenters. The summed E-state index contributed by atoms with van der Waals surface area (Å²) in [6.45, 7) is 6.99. The number of fused-ring (bicyclic) bond motifs is 1. The topological polar surface area (TPSA) is 142 Å². The van der Waals surface area contributed by atoms with Crippen LogP contribution in [0, 0.1) is 11.8 Å². The molecule has 0 spiro atoms. The number of likely N-dealkylation sites (tertiary alicyclic amines) is 1. The Hall–Kier alpha value is -4.10. The lowest BCUT2D eigenvalue weighted by atomic mass is 9.88. The van der Waals surface area contributed by atoms with Gasteiger partial charge in [-0.05, 0) is 27.2 Å². The van der Waals surface area contributed by atoms with E-state index in [1.165, 1.54) is 22.0 Å². The summed E-state index contributed by atoms with van der Waals surface area (Å²) >= 11 is 0. The first-order valence-electron chi connectivity index (χ1n) is 12.9. The van der Waals surface area contributed by atoms with Gasteiger partial charge in [-0.25, -0.2) is 18.9 Å². The van der Waals surface area contributed by atoms with Crippen molar-refractivity contribution in [3.63, 3.8) is 0 Å².